The molecule has 0 atom stereocenters. The van der Waals surface area contributed by atoms with Gasteiger partial charge in [0.1, 0.15) is 0 Å². The fourth-order valence-corrected chi connectivity index (χ4v) is 4.25. The Bertz CT molecular complexity index is 1170. The Morgan fingerprint density at radius 3 is 2.70 bits per heavy atom. The van der Waals surface area contributed by atoms with Crippen molar-refractivity contribution in [3.05, 3.63) is 47.2 Å². The number of ether oxygens (including phenoxy) is 1. The highest BCUT2D eigenvalue weighted by molar-refractivity contribution is 7.90. The van der Waals surface area contributed by atoms with Crippen molar-refractivity contribution in [2.45, 2.75) is 17.9 Å². The third-order valence-corrected chi connectivity index (χ3v) is 5.93. The Labute approximate surface area is 158 Å². The second-order valence-electron chi connectivity index (χ2n) is 5.66. The van der Waals surface area contributed by atoms with E-state index in [-0.39, 0.29) is 23.6 Å². The molecule has 0 bridgehead atoms. The highest BCUT2D eigenvalue weighted by atomic mass is 32.2. The van der Waals surface area contributed by atoms with Crippen LogP contribution in [0, 0.1) is 0 Å². The van der Waals surface area contributed by atoms with E-state index in [2.05, 4.69) is 9.73 Å². The van der Waals surface area contributed by atoms with Gasteiger partial charge in [-0.1, -0.05) is 11.3 Å². The summed E-state index contributed by atoms with van der Waals surface area (Å²) < 4.78 is 35.6. The molecule has 0 spiro atoms. The number of aryl methyl sites for hydroxylation is 1. The maximum absolute atomic E-state index is 12.3. The Balaban J connectivity index is 2.14. The van der Waals surface area contributed by atoms with Crippen LogP contribution < -0.4 is 4.80 Å². The lowest BCUT2D eigenvalue weighted by atomic mass is 10.3. The van der Waals surface area contributed by atoms with Crippen LogP contribution in [-0.4, -0.2) is 38.2 Å². The molecule has 0 aliphatic heterocycles. The summed E-state index contributed by atoms with van der Waals surface area (Å²) in [4.78, 5) is 28.4. The Kier molecular flexibility index (Phi) is 5.29. The van der Waals surface area contributed by atoms with Crippen molar-refractivity contribution in [3.8, 4) is 0 Å². The van der Waals surface area contributed by atoms with Crippen LogP contribution in [0.1, 0.15) is 17.0 Å². The first-order valence-corrected chi connectivity index (χ1v) is 10.5. The van der Waals surface area contributed by atoms with Gasteiger partial charge < -0.3 is 13.7 Å². The summed E-state index contributed by atoms with van der Waals surface area (Å²) in [5, 5.41) is 0. The number of furan rings is 1. The van der Waals surface area contributed by atoms with Crippen molar-refractivity contribution >= 4 is 43.3 Å². The van der Waals surface area contributed by atoms with E-state index < -0.39 is 21.7 Å². The molecule has 27 heavy (non-hydrogen) atoms. The minimum atomic E-state index is -3.38. The first-order chi connectivity index (χ1) is 12.8. The molecule has 8 nitrogen and oxygen atoms in total. The number of benzene rings is 1. The highest BCUT2D eigenvalue weighted by Gasteiger charge is 2.15. The summed E-state index contributed by atoms with van der Waals surface area (Å²) in [6.45, 7) is 0.231. The monoisotopic (exact) mass is 408 g/mol. The fourth-order valence-electron chi connectivity index (χ4n) is 2.43. The van der Waals surface area contributed by atoms with Crippen LogP contribution in [0.4, 0.5) is 0 Å². The minimum absolute atomic E-state index is 0.0816. The molecule has 1 aromatic carbocycles. The average Bonchev–Trinajstić information content (AvgIpc) is 3.26. The van der Waals surface area contributed by atoms with Gasteiger partial charge in [-0.05, 0) is 30.3 Å². The molecule has 0 saturated carbocycles. The van der Waals surface area contributed by atoms with Crippen LogP contribution in [0.2, 0.25) is 0 Å². The molecule has 0 N–H and O–H groups in total. The molecule has 0 saturated heterocycles. The quantitative estimate of drug-likeness (QED) is 0.598. The Hall–Kier alpha value is -2.72. The molecule has 0 unspecified atom stereocenters. The predicted octanol–water partition coefficient (Wildman–Crippen LogP) is 2.00. The molecule has 2 aromatic heterocycles. The third kappa shape index (κ3) is 4.17. The number of esters is 1. The lowest BCUT2D eigenvalue weighted by Gasteiger charge is -2.05. The zero-order valence-corrected chi connectivity index (χ0v) is 16.2. The number of carbonyl (C=O) groups excluding carboxylic acids is 2. The van der Waals surface area contributed by atoms with Crippen molar-refractivity contribution in [3.63, 3.8) is 0 Å². The molecule has 0 aliphatic rings. The van der Waals surface area contributed by atoms with Gasteiger partial charge in [0.15, 0.2) is 20.4 Å². The van der Waals surface area contributed by atoms with E-state index in [0.29, 0.717) is 15.0 Å². The lowest BCUT2D eigenvalue weighted by molar-refractivity contribution is -0.140. The summed E-state index contributed by atoms with van der Waals surface area (Å²) in [5.74, 6) is -0.886. The number of thiazole rings is 1. The third-order valence-electron chi connectivity index (χ3n) is 3.78. The van der Waals surface area contributed by atoms with Gasteiger partial charge in [0.25, 0.3) is 0 Å². The van der Waals surface area contributed by atoms with Gasteiger partial charge in [-0.25, -0.2) is 8.42 Å². The molecule has 2 heterocycles. The van der Waals surface area contributed by atoms with Crippen LogP contribution in [0.25, 0.3) is 10.2 Å². The van der Waals surface area contributed by atoms with Crippen LogP contribution >= 0.6 is 11.3 Å². The van der Waals surface area contributed by atoms with E-state index in [1.807, 2.05) is 0 Å². The normalized spacial score (nSPS) is 12.4. The number of sulfone groups is 1. The smallest absolute Gasteiger partial charge is 0.315 e. The minimum Gasteiger partial charge on any atom is -0.469 e. The van der Waals surface area contributed by atoms with Crippen molar-refractivity contribution < 1.29 is 27.2 Å². The topological polar surface area (TPSA) is 108 Å². The van der Waals surface area contributed by atoms with Gasteiger partial charge >= 0.3 is 11.9 Å². The largest absolute Gasteiger partial charge is 0.469 e. The van der Waals surface area contributed by atoms with Crippen LogP contribution in [-0.2, 0) is 25.9 Å². The highest BCUT2D eigenvalue weighted by Crippen LogP contribution is 2.22. The molecule has 142 valence electrons. The van der Waals surface area contributed by atoms with Gasteiger partial charge in [0.2, 0.25) is 0 Å². The molecular weight excluding hydrogens is 392 g/mol. The van der Waals surface area contributed by atoms with E-state index in [0.717, 1.165) is 17.6 Å². The van der Waals surface area contributed by atoms with Gasteiger partial charge in [-0.3, -0.25) is 9.59 Å². The van der Waals surface area contributed by atoms with Gasteiger partial charge in [-0.15, -0.1) is 0 Å². The number of hydrogen-bond acceptors (Lipinski definition) is 7. The van der Waals surface area contributed by atoms with Crippen LogP contribution in [0.15, 0.2) is 50.9 Å². The number of rotatable bonds is 5. The molecule has 10 heteroatoms. The molecular formula is C17H16N2O6S2. The van der Waals surface area contributed by atoms with Crippen molar-refractivity contribution in [2.75, 3.05) is 13.4 Å². The van der Waals surface area contributed by atoms with Crippen molar-refractivity contribution in [1.82, 2.24) is 4.57 Å². The zero-order chi connectivity index (χ0) is 19.6. The summed E-state index contributed by atoms with van der Waals surface area (Å²) in [7, 11) is -2.08. The van der Waals surface area contributed by atoms with E-state index >= 15 is 0 Å². The zero-order valence-electron chi connectivity index (χ0n) is 14.5. The maximum Gasteiger partial charge on any atom is 0.315 e. The number of aromatic nitrogens is 1. The first-order valence-electron chi connectivity index (χ1n) is 7.82. The SMILES string of the molecule is COC(=O)CCn1c(=NC(=O)c2ccco2)sc2cc(S(C)(=O)=O)ccc21. The molecule has 1 amide bonds. The van der Waals surface area contributed by atoms with Gasteiger partial charge in [-0.2, -0.15) is 4.99 Å². The van der Waals surface area contributed by atoms with Crippen molar-refractivity contribution in [2.24, 2.45) is 4.99 Å². The van der Waals surface area contributed by atoms with Crippen LogP contribution in [0.3, 0.4) is 0 Å². The Morgan fingerprint density at radius 1 is 1.30 bits per heavy atom. The summed E-state index contributed by atoms with van der Waals surface area (Å²) >= 11 is 1.16. The predicted molar refractivity (Wildman–Crippen MR) is 98.2 cm³/mol. The summed E-state index contributed by atoms with van der Waals surface area (Å²) in [6, 6.07) is 7.73. The van der Waals surface area contributed by atoms with Crippen molar-refractivity contribution in [1.29, 1.82) is 0 Å². The molecule has 0 fully saturated rings. The first kappa shape index (κ1) is 19.1. The molecule has 0 aliphatic carbocycles. The van der Waals surface area contributed by atoms with Crippen LogP contribution in [0.5, 0.6) is 0 Å². The Morgan fingerprint density at radius 2 is 2.07 bits per heavy atom. The van der Waals surface area contributed by atoms with Gasteiger partial charge in [0, 0.05) is 12.8 Å². The summed E-state index contributed by atoms with van der Waals surface area (Å²) in [6.07, 6.45) is 2.58. The number of methoxy groups -OCH3 is 1. The second-order valence-corrected chi connectivity index (χ2v) is 8.68. The number of fused-ring (bicyclic) bond motifs is 1. The number of hydrogen-bond donors (Lipinski definition) is 0. The summed E-state index contributed by atoms with van der Waals surface area (Å²) in [5.41, 5.74) is 0.669. The van der Waals surface area contributed by atoms with E-state index in [1.165, 1.54) is 31.6 Å². The number of nitrogens with zero attached hydrogens (tertiary/aromatic N) is 2. The average molecular weight is 408 g/mol. The maximum atomic E-state index is 12.3. The number of carbonyl (C=O) groups is 2. The van der Waals surface area contributed by atoms with E-state index in [4.69, 9.17) is 4.42 Å². The fraction of sp³-hybridized carbons (Fsp3) is 0.235. The number of amides is 1. The van der Waals surface area contributed by atoms with Gasteiger partial charge in [0.05, 0.1) is 34.9 Å². The standard InChI is InChI=1S/C17H16N2O6S2/c1-24-15(20)7-8-19-12-6-5-11(27(2,22)23)10-14(12)26-17(19)18-16(21)13-4-3-9-25-13/h3-6,9-10H,7-8H2,1-2H3. The van der Waals surface area contributed by atoms with E-state index in [9.17, 15) is 18.0 Å². The lowest BCUT2D eigenvalue weighted by Crippen LogP contribution is -2.19. The second kappa shape index (κ2) is 7.49. The van der Waals surface area contributed by atoms with E-state index in [1.54, 1.807) is 16.7 Å². The molecule has 0 radical (unpaired) electrons. The molecule has 3 rings (SSSR count). The molecule has 3 aromatic rings.